The molecule has 1 atom stereocenters. The average molecular weight is 466 g/mol. The summed E-state index contributed by atoms with van der Waals surface area (Å²) in [4.78, 5) is 29.9. The molecule has 1 unspecified atom stereocenters. The summed E-state index contributed by atoms with van der Waals surface area (Å²) < 4.78 is 1.24. The smallest absolute Gasteiger partial charge is 0.274 e. The lowest BCUT2D eigenvalue weighted by Gasteiger charge is -2.15. The molecule has 0 saturated carbocycles. The van der Waals surface area contributed by atoms with Gasteiger partial charge in [0.05, 0.1) is 23.2 Å². The van der Waals surface area contributed by atoms with E-state index in [4.69, 9.17) is 34.8 Å². The van der Waals surface area contributed by atoms with Crippen molar-refractivity contribution in [3.05, 3.63) is 75.5 Å². The summed E-state index contributed by atoms with van der Waals surface area (Å²) in [5, 5.41) is 10.3. The molecule has 2 aromatic heterocycles. The molecule has 2 amide bonds. The van der Waals surface area contributed by atoms with E-state index < -0.39 is 11.8 Å². The fraction of sp³-hybridized carbons (Fsp3) is 0.150. The Bertz CT molecular complexity index is 1130. The molecule has 2 heterocycles. The van der Waals surface area contributed by atoms with Crippen LogP contribution in [-0.4, -0.2) is 32.6 Å². The number of rotatable bonds is 5. The molecule has 1 aromatic carbocycles. The van der Waals surface area contributed by atoms with Gasteiger partial charge in [0.15, 0.2) is 17.0 Å². The third kappa shape index (κ3) is 4.70. The number of nitrogens with one attached hydrogen (secondary N) is 2. The second-order valence-electron chi connectivity index (χ2n) is 6.55. The van der Waals surface area contributed by atoms with Gasteiger partial charge in [-0.1, -0.05) is 34.8 Å². The molecule has 3 aromatic rings. The zero-order valence-electron chi connectivity index (χ0n) is 16.0. The van der Waals surface area contributed by atoms with Crippen molar-refractivity contribution in [1.82, 2.24) is 20.1 Å². The highest BCUT2D eigenvalue weighted by Crippen LogP contribution is 2.27. The highest BCUT2D eigenvalue weighted by Gasteiger charge is 2.23. The van der Waals surface area contributed by atoms with E-state index in [-0.39, 0.29) is 28.3 Å². The molecule has 0 saturated heterocycles. The average Bonchev–Trinajstić information content (AvgIpc) is 3.05. The van der Waals surface area contributed by atoms with Crippen LogP contribution in [0.3, 0.4) is 0 Å². The first kappa shape index (κ1) is 22.0. The van der Waals surface area contributed by atoms with E-state index in [2.05, 4.69) is 27.6 Å². The van der Waals surface area contributed by atoms with Gasteiger partial charge in [-0.2, -0.15) is 5.10 Å². The van der Waals surface area contributed by atoms with Crippen LogP contribution < -0.4 is 10.6 Å². The third-order valence-electron chi connectivity index (χ3n) is 4.01. The molecule has 30 heavy (non-hydrogen) atoms. The second kappa shape index (κ2) is 8.95. The van der Waals surface area contributed by atoms with Crippen LogP contribution in [0.25, 0.3) is 5.82 Å². The van der Waals surface area contributed by atoms with Crippen molar-refractivity contribution in [3.63, 3.8) is 0 Å². The third-order valence-corrected chi connectivity index (χ3v) is 4.71. The number of anilines is 1. The SMILES string of the molecule is [CH2+]C(C)NC(=O)c1cc(Cl)cc(C)c1NC(=O)c1cc(Cl)nn1-c1ncccc1Cl. The quantitative estimate of drug-likeness (QED) is 0.533. The van der Waals surface area contributed by atoms with Crippen molar-refractivity contribution < 1.29 is 9.59 Å². The van der Waals surface area contributed by atoms with Gasteiger partial charge in [0.2, 0.25) is 0 Å². The Morgan fingerprint density at radius 3 is 2.57 bits per heavy atom. The number of hydrogen-bond donors (Lipinski definition) is 2. The Hall–Kier alpha value is -2.74. The Labute approximate surface area is 188 Å². The highest BCUT2D eigenvalue weighted by molar-refractivity contribution is 6.32. The molecule has 10 heteroatoms. The molecule has 2 N–H and O–H groups in total. The summed E-state index contributed by atoms with van der Waals surface area (Å²) in [5.41, 5.74) is 1.20. The fourth-order valence-electron chi connectivity index (χ4n) is 2.78. The molecule has 3 rings (SSSR count). The number of carbonyl (C=O) groups excluding carboxylic acids is 2. The largest absolute Gasteiger partial charge is 0.320 e. The van der Waals surface area contributed by atoms with Crippen molar-refractivity contribution in [2.45, 2.75) is 19.9 Å². The number of carbonyl (C=O) groups is 2. The van der Waals surface area contributed by atoms with Gasteiger partial charge < -0.3 is 10.6 Å². The fourth-order valence-corrected chi connectivity index (χ4v) is 3.43. The Balaban J connectivity index is 2.02. The normalized spacial score (nSPS) is 11.8. The van der Waals surface area contributed by atoms with Gasteiger partial charge in [-0.05, 0) is 43.7 Å². The molecule has 7 nitrogen and oxygen atoms in total. The van der Waals surface area contributed by atoms with Crippen LogP contribution in [0.5, 0.6) is 0 Å². The first-order valence-electron chi connectivity index (χ1n) is 8.79. The zero-order valence-corrected chi connectivity index (χ0v) is 18.3. The lowest BCUT2D eigenvalue weighted by Crippen LogP contribution is -2.31. The predicted octanol–water partition coefficient (Wildman–Crippen LogP) is 4.74. The molecule has 154 valence electrons. The monoisotopic (exact) mass is 464 g/mol. The maximum absolute atomic E-state index is 13.1. The van der Waals surface area contributed by atoms with Crippen LogP contribution >= 0.6 is 34.8 Å². The number of nitrogens with zero attached hydrogens (tertiary/aromatic N) is 3. The minimum Gasteiger partial charge on any atom is -0.320 e. The molecule has 0 bridgehead atoms. The first-order valence-corrected chi connectivity index (χ1v) is 9.92. The molecule has 0 radical (unpaired) electrons. The lowest BCUT2D eigenvalue weighted by molar-refractivity contribution is 0.0947. The number of pyridine rings is 1. The summed E-state index contributed by atoms with van der Waals surface area (Å²) in [5.74, 6) is -0.733. The number of amides is 2. The predicted molar refractivity (Wildman–Crippen MR) is 118 cm³/mol. The van der Waals surface area contributed by atoms with Gasteiger partial charge in [0.1, 0.15) is 5.69 Å². The van der Waals surface area contributed by atoms with Crippen LogP contribution in [0.15, 0.2) is 36.5 Å². The van der Waals surface area contributed by atoms with Gasteiger partial charge in [0.25, 0.3) is 11.8 Å². The van der Waals surface area contributed by atoms with E-state index in [9.17, 15) is 9.59 Å². The molecule has 0 fully saturated rings. The number of aryl methyl sites for hydroxylation is 1. The van der Waals surface area contributed by atoms with Crippen LogP contribution in [0.4, 0.5) is 5.69 Å². The Kier molecular flexibility index (Phi) is 6.55. The van der Waals surface area contributed by atoms with Crippen molar-refractivity contribution in [2.24, 2.45) is 0 Å². The highest BCUT2D eigenvalue weighted by atomic mass is 35.5. The van der Waals surface area contributed by atoms with Crippen molar-refractivity contribution in [3.8, 4) is 5.82 Å². The van der Waals surface area contributed by atoms with Gasteiger partial charge in [-0.25, -0.2) is 9.67 Å². The van der Waals surface area contributed by atoms with Crippen LogP contribution in [-0.2, 0) is 0 Å². The van der Waals surface area contributed by atoms with E-state index >= 15 is 0 Å². The number of aromatic nitrogens is 3. The molecule has 0 aliphatic rings. The van der Waals surface area contributed by atoms with Gasteiger partial charge in [0, 0.05) is 17.3 Å². The number of benzene rings is 1. The minimum absolute atomic E-state index is 0.0820. The van der Waals surface area contributed by atoms with E-state index in [0.29, 0.717) is 21.3 Å². The molecular weight excluding hydrogens is 449 g/mol. The molecule has 0 aliphatic heterocycles. The summed E-state index contributed by atoms with van der Waals surface area (Å²) in [6, 6.07) is 7.43. The molecule has 0 spiro atoms. The van der Waals surface area contributed by atoms with Crippen LogP contribution in [0.2, 0.25) is 15.2 Å². The van der Waals surface area contributed by atoms with Crippen LogP contribution in [0, 0.1) is 13.8 Å². The van der Waals surface area contributed by atoms with E-state index in [1.54, 1.807) is 32.0 Å². The van der Waals surface area contributed by atoms with Gasteiger partial charge in [-0.15, -0.1) is 0 Å². The van der Waals surface area contributed by atoms with E-state index in [1.165, 1.54) is 23.0 Å². The van der Waals surface area contributed by atoms with Crippen molar-refractivity contribution in [2.75, 3.05) is 5.32 Å². The van der Waals surface area contributed by atoms with Crippen molar-refractivity contribution in [1.29, 1.82) is 0 Å². The van der Waals surface area contributed by atoms with E-state index in [0.717, 1.165) is 0 Å². The Morgan fingerprint density at radius 1 is 1.17 bits per heavy atom. The second-order valence-corrected chi connectivity index (χ2v) is 7.78. The molecule has 0 aliphatic carbocycles. The summed E-state index contributed by atoms with van der Waals surface area (Å²) >= 11 is 18.3. The van der Waals surface area contributed by atoms with Crippen LogP contribution in [0.1, 0.15) is 33.3 Å². The maximum atomic E-state index is 13.1. The van der Waals surface area contributed by atoms with E-state index in [1.807, 2.05) is 0 Å². The zero-order chi connectivity index (χ0) is 22.0. The van der Waals surface area contributed by atoms with Gasteiger partial charge >= 0.3 is 0 Å². The standard InChI is InChI=1S/C20H16Cl3N5O2/c1-10(2)25-19(29)13-8-12(21)7-11(3)17(13)26-20(30)15-9-16(23)27-28(15)18-14(22)5-4-6-24-18/h4-10H,1H2,2-3H3,(H-,25,26,29,30)/p+1. The minimum atomic E-state index is -0.557. The van der Waals surface area contributed by atoms with Gasteiger partial charge in [-0.3, -0.25) is 9.59 Å². The Morgan fingerprint density at radius 2 is 1.90 bits per heavy atom. The van der Waals surface area contributed by atoms with Crippen molar-refractivity contribution >= 4 is 52.3 Å². The summed E-state index contributed by atoms with van der Waals surface area (Å²) in [6.07, 6.45) is 1.52. The number of hydrogen-bond acceptors (Lipinski definition) is 4. The lowest BCUT2D eigenvalue weighted by atomic mass is 10.1. The first-order chi connectivity index (χ1) is 14.2. The topological polar surface area (TPSA) is 88.9 Å². The number of halogens is 3. The summed E-state index contributed by atoms with van der Waals surface area (Å²) in [7, 11) is 0. The summed E-state index contributed by atoms with van der Waals surface area (Å²) in [6.45, 7) is 7.20. The maximum Gasteiger partial charge on any atom is 0.274 e. The molecular formula is C20H17Cl3N5O2+.